The van der Waals surface area contributed by atoms with Gasteiger partial charge in [0.2, 0.25) is 0 Å². The van der Waals surface area contributed by atoms with Gasteiger partial charge in [0.1, 0.15) is 0 Å². The van der Waals surface area contributed by atoms with Crippen LogP contribution in [0.1, 0.15) is 87.0 Å². The molecule has 0 fully saturated rings. The van der Waals surface area contributed by atoms with E-state index in [1.807, 2.05) is 11.1 Å². The van der Waals surface area contributed by atoms with Crippen LogP contribution in [0.15, 0.2) is 33.9 Å². The molecule has 6 atom stereocenters. The van der Waals surface area contributed by atoms with E-state index in [0.717, 1.165) is 17.8 Å². The quantitative estimate of drug-likeness (QED) is 0.461. The van der Waals surface area contributed by atoms with Crippen molar-refractivity contribution in [1.82, 2.24) is 0 Å². The van der Waals surface area contributed by atoms with E-state index in [0.29, 0.717) is 17.8 Å². The van der Waals surface area contributed by atoms with Crippen molar-refractivity contribution >= 4 is 0 Å². The standard InChI is InChI=1S/C25H40/c1-8-21-18(5)23-16(3)13-14-17(4)24(23)20(7)25(21)19(6)22-12-10-9-11-15(22)2/h12,15-20H,8-11,13-14H2,1-7H3. The largest absolute Gasteiger partial charge is 0.0845 e. The van der Waals surface area contributed by atoms with Crippen LogP contribution in [-0.2, 0) is 0 Å². The van der Waals surface area contributed by atoms with E-state index < -0.39 is 0 Å². The van der Waals surface area contributed by atoms with Crippen LogP contribution in [-0.4, -0.2) is 0 Å². The van der Waals surface area contributed by atoms with E-state index in [1.165, 1.54) is 38.5 Å². The maximum Gasteiger partial charge on any atom is -0.000697 e. The van der Waals surface area contributed by atoms with Crippen LogP contribution in [0.2, 0.25) is 0 Å². The fourth-order valence-corrected chi connectivity index (χ4v) is 6.62. The number of hydrogen-bond acceptors (Lipinski definition) is 0. The average Bonchev–Trinajstić information content (AvgIpc) is 2.59. The summed E-state index contributed by atoms with van der Waals surface area (Å²) in [6, 6.07) is 0. The Morgan fingerprint density at radius 2 is 1.48 bits per heavy atom. The Balaban J connectivity index is 2.05. The lowest BCUT2D eigenvalue weighted by Gasteiger charge is -2.45. The van der Waals surface area contributed by atoms with Gasteiger partial charge < -0.3 is 0 Å². The third kappa shape index (κ3) is 3.19. The molecule has 0 heterocycles. The number of rotatable bonds is 3. The topological polar surface area (TPSA) is 0 Å². The Hall–Kier alpha value is -0.780. The Morgan fingerprint density at radius 3 is 2.04 bits per heavy atom. The monoisotopic (exact) mass is 340 g/mol. The minimum atomic E-state index is 0.640. The summed E-state index contributed by atoms with van der Waals surface area (Å²) in [7, 11) is 0. The van der Waals surface area contributed by atoms with Gasteiger partial charge in [-0.2, -0.15) is 0 Å². The van der Waals surface area contributed by atoms with Crippen LogP contribution >= 0.6 is 0 Å². The zero-order valence-corrected chi connectivity index (χ0v) is 17.8. The molecule has 6 unspecified atom stereocenters. The van der Waals surface area contributed by atoms with Crippen molar-refractivity contribution in [3.8, 4) is 0 Å². The van der Waals surface area contributed by atoms with Gasteiger partial charge in [0.15, 0.2) is 0 Å². The second-order valence-electron chi connectivity index (χ2n) is 9.33. The smallest absolute Gasteiger partial charge is 0.000697 e. The molecule has 25 heavy (non-hydrogen) atoms. The van der Waals surface area contributed by atoms with Crippen molar-refractivity contribution in [2.45, 2.75) is 87.0 Å². The van der Waals surface area contributed by atoms with Crippen LogP contribution in [0, 0.1) is 35.5 Å². The summed E-state index contributed by atoms with van der Waals surface area (Å²) in [4.78, 5) is 0. The summed E-state index contributed by atoms with van der Waals surface area (Å²) in [6.07, 6.45) is 10.7. The highest BCUT2D eigenvalue weighted by Crippen LogP contribution is 2.53. The van der Waals surface area contributed by atoms with Gasteiger partial charge >= 0.3 is 0 Å². The van der Waals surface area contributed by atoms with E-state index in [-0.39, 0.29) is 0 Å². The molecule has 0 radical (unpaired) electrons. The van der Waals surface area contributed by atoms with E-state index in [9.17, 15) is 0 Å². The lowest BCUT2D eigenvalue weighted by atomic mass is 9.60. The Morgan fingerprint density at radius 1 is 0.880 bits per heavy atom. The SMILES string of the molecule is CCC1=C(C(C)C2=CCCCC2C)C(C)C2=C(C(C)CCC2C)C1C. The molecule has 0 amide bonds. The van der Waals surface area contributed by atoms with Gasteiger partial charge in [0.25, 0.3) is 0 Å². The molecule has 0 spiro atoms. The second kappa shape index (κ2) is 7.45. The van der Waals surface area contributed by atoms with Crippen LogP contribution in [0.4, 0.5) is 0 Å². The van der Waals surface area contributed by atoms with Crippen LogP contribution in [0.25, 0.3) is 0 Å². The summed E-state index contributed by atoms with van der Waals surface area (Å²) < 4.78 is 0. The molecular weight excluding hydrogens is 300 g/mol. The maximum absolute atomic E-state index is 2.59. The minimum Gasteiger partial charge on any atom is -0.0845 e. The zero-order valence-electron chi connectivity index (χ0n) is 17.8. The summed E-state index contributed by atoms with van der Waals surface area (Å²) in [5.41, 5.74) is 8.97. The van der Waals surface area contributed by atoms with Crippen molar-refractivity contribution in [2.75, 3.05) is 0 Å². The van der Waals surface area contributed by atoms with Crippen molar-refractivity contribution < 1.29 is 0 Å². The normalized spacial score (nSPS) is 37.7. The predicted molar refractivity (Wildman–Crippen MR) is 110 cm³/mol. The first-order chi connectivity index (χ1) is 11.9. The third-order valence-electron chi connectivity index (χ3n) is 7.86. The van der Waals surface area contributed by atoms with Gasteiger partial charge in [-0.05, 0) is 74.0 Å². The molecule has 0 aliphatic heterocycles. The second-order valence-corrected chi connectivity index (χ2v) is 9.33. The molecule has 3 aliphatic carbocycles. The fourth-order valence-electron chi connectivity index (χ4n) is 6.62. The van der Waals surface area contributed by atoms with Crippen LogP contribution < -0.4 is 0 Å². The van der Waals surface area contributed by atoms with Gasteiger partial charge in [-0.1, -0.05) is 82.4 Å². The molecule has 3 rings (SSSR count). The fraction of sp³-hybridized carbons (Fsp3) is 0.760. The van der Waals surface area contributed by atoms with Gasteiger partial charge in [0.05, 0.1) is 0 Å². The van der Waals surface area contributed by atoms with Crippen molar-refractivity contribution in [1.29, 1.82) is 0 Å². The Bertz CT molecular complexity index is 600. The van der Waals surface area contributed by atoms with Crippen molar-refractivity contribution in [3.05, 3.63) is 33.9 Å². The van der Waals surface area contributed by atoms with Gasteiger partial charge in [0, 0.05) is 0 Å². The van der Waals surface area contributed by atoms with Crippen LogP contribution in [0.3, 0.4) is 0 Å². The molecule has 0 N–H and O–H groups in total. The molecule has 0 saturated carbocycles. The molecule has 0 saturated heterocycles. The summed E-state index contributed by atoms with van der Waals surface area (Å²) >= 11 is 0. The van der Waals surface area contributed by atoms with E-state index >= 15 is 0 Å². The first kappa shape index (κ1) is 19.0. The molecule has 0 heteroatoms. The van der Waals surface area contributed by atoms with Crippen LogP contribution in [0.5, 0.6) is 0 Å². The lowest BCUT2D eigenvalue weighted by molar-refractivity contribution is 0.373. The number of hydrogen-bond donors (Lipinski definition) is 0. The van der Waals surface area contributed by atoms with E-state index in [1.54, 1.807) is 16.7 Å². The van der Waals surface area contributed by atoms with E-state index in [4.69, 9.17) is 0 Å². The average molecular weight is 341 g/mol. The molecule has 0 aromatic rings. The van der Waals surface area contributed by atoms with E-state index in [2.05, 4.69) is 54.5 Å². The summed E-state index contributed by atoms with van der Waals surface area (Å²) in [6.45, 7) is 17.4. The molecule has 3 aliphatic rings. The predicted octanol–water partition coefficient (Wildman–Crippen LogP) is 7.72. The summed E-state index contributed by atoms with van der Waals surface area (Å²) in [5.74, 6) is 4.31. The molecule has 140 valence electrons. The Labute approximate surface area is 156 Å². The van der Waals surface area contributed by atoms with Crippen molar-refractivity contribution in [3.63, 3.8) is 0 Å². The first-order valence-electron chi connectivity index (χ1n) is 11.0. The molecular formula is C25H40. The first-order valence-corrected chi connectivity index (χ1v) is 11.0. The third-order valence-corrected chi connectivity index (χ3v) is 7.86. The van der Waals surface area contributed by atoms with Gasteiger partial charge in [-0.25, -0.2) is 0 Å². The van der Waals surface area contributed by atoms with Gasteiger partial charge in [-0.15, -0.1) is 0 Å². The highest BCUT2D eigenvalue weighted by molar-refractivity contribution is 5.45. The summed E-state index contributed by atoms with van der Waals surface area (Å²) in [5, 5.41) is 0. The highest BCUT2D eigenvalue weighted by Gasteiger charge is 2.39. The molecule has 0 aromatic heterocycles. The molecule has 0 aromatic carbocycles. The van der Waals surface area contributed by atoms with Gasteiger partial charge in [-0.3, -0.25) is 0 Å². The zero-order chi connectivity index (χ0) is 18.3. The maximum atomic E-state index is 2.59. The minimum absolute atomic E-state index is 0.640. The molecule has 0 nitrogen and oxygen atoms in total. The highest BCUT2D eigenvalue weighted by atomic mass is 14.4. The lowest BCUT2D eigenvalue weighted by Crippen LogP contribution is -2.33. The molecule has 0 bridgehead atoms. The van der Waals surface area contributed by atoms with Crippen molar-refractivity contribution in [2.24, 2.45) is 35.5 Å². The Kier molecular flexibility index (Phi) is 5.66. The number of allylic oxidation sites excluding steroid dienone is 6.